The smallest absolute Gasteiger partial charge is 0.297 e. The van der Waals surface area contributed by atoms with E-state index in [9.17, 15) is 9.13 Å². The molecule has 45 heavy (non-hydrogen) atoms. The van der Waals surface area contributed by atoms with Crippen LogP contribution in [0.4, 0.5) is 0 Å². The molecular weight excluding hydrogens is 615 g/mol. The molecule has 5 aromatic rings. The molecule has 0 aliphatic rings. The first-order chi connectivity index (χ1) is 22.0. The number of nitrogens with one attached hydrogen (secondary N) is 2. The molecule has 0 saturated carbocycles. The predicted octanol–water partition coefficient (Wildman–Crippen LogP) is 6.17. The Morgan fingerprint density at radius 1 is 0.511 bits per heavy atom. The molecule has 1 unspecified atom stereocenters. The van der Waals surface area contributed by atoms with Gasteiger partial charge in [-0.05, 0) is 78.1 Å². The van der Waals surface area contributed by atoms with Gasteiger partial charge in [-0.1, -0.05) is 91.0 Å². The molecule has 0 radical (unpaired) electrons. The van der Waals surface area contributed by atoms with Gasteiger partial charge in [0, 0.05) is 47.4 Å². The van der Waals surface area contributed by atoms with Crippen LogP contribution in [0, 0.1) is 0 Å². The zero-order valence-electron chi connectivity index (χ0n) is 25.2. The van der Waals surface area contributed by atoms with E-state index in [0.29, 0.717) is 39.0 Å². The van der Waals surface area contributed by atoms with Crippen molar-refractivity contribution in [3.8, 4) is 0 Å². The van der Waals surface area contributed by atoms with Gasteiger partial charge in [0.2, 0.25) is 19.9 Å². The van der Waals surface area contributed by atoms with Crippen molar-refractivity contribution in [3.05, 3.63) is 152 Å². The first-order valence-electron chi connectivity index (χ1n) is 15.2. The Labute approximate surface area is 267 Å². The maximum Gasteiger partial charge on any atom is 0.471 e. The highest BCUT2D eigenvalue weighted by Gasteiger charge is 2.34. The summed E-state index contributed by atoms with van der Waals surface area (Å²) in [5.41, 5.74) is 0. The monoisotopic (exact) mass is 654 g/mol. The van der Waals surface area contributed by atoms with E-state index in [1.165, 1.54) is 0 Å². The van der Waals surface area contributed by atoms with Crippen LogP contribution in [0.3, 0.4) is 0 Å². The van der Waals surface area contributed by atoms with E-state index in [1.807, 2.05) is 152 Å². The minimum atomic E-state index is -3.22. The highest BCUT2D eigenvalue weighted by Crippen LogP contribution is 2.47. The maximum atomic E-state index is 15.3. The Kier molecular flexibility index (Phi) is 11.9. The largest absolute Gasteiger partial charge is 0.471 e. The Morgan fingerprint density at radius 2 is 0.889 bits per heavy atom. The van der Waals surface area contributed by atoms with Crippen LogP contribution in [-0.2, 0) is 13.7 Å². The van der Waals surface area contributed by atoms with Crippen molar-refractivity contribution in [1.82, 2.24) is 14.8 Å². The molecule has 0 fully saturated rings. The van der Waals surface area contributed by atoms with Crippen molar-refractivity contribution in [3.63, 3.8) is 0 Å². The van der Waals surface area contributed by atoms with E-state index in [0.717, 1.165) is 26.5 Å². The molecule has 6 nitrogen and oxygen atoms in total. The number of hydrogen-bond acceptors (Lipinski definition) is 3. The van der Waals surface area contributed by atoms with Crippen LogP contribution < -0.4 is 36.7 Å². The summed E-state index contributed by atoms with van der Waals surface area (Å²) < 4.78 is 44.6. The molecule has 9 heteroatoms. The molecule has 0 amide bonds. The third kappa shape index (κ3) is 8.23. The first-order valence-corrected chi connectivity index (χ1v) is 19.8. The summed E-state index contributed by atoms with van der Waals surface area (Å²) in [5.74, 6) is 0. The standard InChI is InChI=1S/C36H39N3O3P3/c40-43(32-18-6-1-7-19-32)37-28-16-30-39(45(42,35-24-12-4-13-25-35)36-26-14-5-15-27-36)31-17-29-38-44(41,33-20-8-2-9-21-33)34-22-10-3-11-23-34/h1-15,18-27H,16-17,28-31H2,(H,37,40)(H,38,41)/q+1. The third-order valence-electron chi connectivity index (χ3n) is 7.62. The lowest BCUT2D eigenvalue weighted by atomic mass is 10.4. The molecule has 0 aromatic heterocycles. The Morgan fingerprint density at radius 3 is 1.33 bits per heavy atom. The van der Waals surface area contributed by atoms with Crippen LogP contribution >= 0.6 is 22.5 Å². The number of benzene rings is 5. The summed E-state index contributed by atoms with van der Waals surface area (Å²) in [6.07, 6.45) is 1.27. The molecule has 5 aromatic carbocycles. The summed E-state index contributed by atoms with van der Waals surface area (Å²) >= 11 is 0. The van der Waals surface area contributed by atoms with Crippen LogP contribution in [0.15, 0.2) is 152 Å². The average Bonchev–Trinajstić information content (AvgIpc) is 3.12. The topological polar surface area (TPSA) is 78.5 Å². The highest BCUT2D eigenvalue weighted by molar-refractivity contribution is 7.77. The van der Waals surface area contributed by atoms with Crippen molar-refractivity contribution in [2.75, 3.05) is 26.2 Å². The fraction of sp³-hybridized carbons (Fsp3) is 0.167. The molecule has 5 rings (SSSR count). The van der Waals surface area contributed by atoms with E-state index in [2.05, 4.69) is 14.8 Å². The maximum absolute atomic E-state index is 15.3. The lowest BCUT2D eigenvalue weighted by Gasteiger charge is -2.33. The molecule has 0 spiro atoms. The summed E-state index contributed by atoms with van der Waals surface area (Å²) in [6.45, 7) is 2.03. The second kappa shape index (κ2) is 16.2. The Balaban J connectivity index is 1.35. The fourth-order valence-electron chi connectivity index (χ4n) is 5.33. The van der Waals surface area contributed by atoms with Gasteiger partial charge in [0.1, 0.15) is 0 Å². The van der Waals surface area contributed by atoms with E-state index in [4.69, 9.17) is 0 Å². The summed E-state index contributed by atoms with van der Waals surface area (Å²) in [4.78, 5) is 0. The van der Waals surface area contributed by atoms with E-state index in [-0.39, 0.29) is 0 Å². The molecule has 1 atom stereocenters. The Hall–Kier alpha value is -3.46. The molecule has 0 saturated heterocycles. The quantitative estimate of drug-likeness (QED) is 0.0979. The lowest BCUT2D eigenvalue weighted by Crippen LogP contribution is -2.36. The minimum absolute atomic E-state index is 0.471. The van der Waals surface area contributed by atoms with Gasteiger partial charge in [0.15, 0.2) is 0 Å². The van der Waals surface area contributed by atoms with Gasteiger partial charge in [-0.2, -0.15) is 0 Å². The number of rotatable bonds is 16. The SMILES string of the molecule is O=[P+](NCCCN(CCCNP(=O)(c1ccccc1)c1ccccc1)P(=O)(c1ccccc1)c1ccccc1)c1ccccc1. The molecule has 0 bridgehead atoms. The molecule has 0 heterocycles. The van der Waals surface area contributed by atoms with Crippen LogP contribution in [0.5, 0.6) is 0 Å². The van der Waals surface area contributed by atoms with Gasteiger partial charge in [-0.25, -0.2) is 4.67 Å². The van der Waals surface area contributed by atoms with Crippen LogP contribution in [0.2, 0.25) is 0 Å². The first kappa shape index (κ1) is 32.9. The summed E-state index contributed by atoms with van der Waals surface area (Å²) in [7, 11) is -8.03. The minimum Gasteiger partial charge on any atom is -0.297 e. The van der Waals surface area contributed by atoms with E-state index in [1.54, 1.807) is 0 Å². The van der Waals surface area contributed by atoms with Crippen LogP contribution in [0.1, 0.15) is 12.8 Å². The molecule has 0 aliphatic heterocycles. The van der Waals surface area contributed by atoms with Crippen molar-refractivity contribution >= 4 is 49.1 Å². The fourth-order valence-corrected chi connectivity index (χ4v) is 11.6. The summed E-state index contributed by atoms with van der Waals surface area (Å²) in [5, 5.41) is 10.4. The average molecular weight is 655 g/mol. The molecule has 2 N–H and O–H groups in total. The molecule has 0 aliphatic carbocycles. The predicted molar refractivity (Wildman–Crippen MR) is 190 cm³/mol. The number of nitrogens with zero attached hydrogens (tertiary/aromatic N) is 1. The highest BCUT2D eigenvalue weighted by atomic mass is 31.2. The van der Waals surface area contributed by atoms with Gasteiger partial charge >= 0.3 is 7.95 Å². The van der Waals surface area contributed by atoms with Crippen molar-refractivity contribution in [2.45, 2.75) is 12.8 Å². The normalized spacial score (nSPS) is 12.2. The van der Waals surface area contributed by atoms with Crippen molar-refractivity contribution < 1.29 is 13.7 Å². The van der Waals surface area contributed by atoms with Gasteiger partial charge in [-0.3, -0.25) is 14.2 Å². The van der Waals surface area contributed by atoms with Gasteiger partial charge in [0.05, 0.1) is 0 Å². The van der Waals surface area contributed by atoms with Gasteiger partial charge in [0.25, 0.3) is 0 Å². The molecule has 230 valence electrons. The van der Waals surface area contributed by atoms with Gasteiger partial charge in [-0.15, -0.1) is 5.09 Å². The summed E-state index contributed by atoms with van der Waals surface area (Å²) in [6, 6.07) is 47.7. The van der Waals surface area contributed by atoms with Crippen LogP contribution in [0.25, 0.3) is 0 Å². The second-order valence-corrected chi connectivity index (χ2v) is 17.4. The van der Waals surface area contributed by atoms with Crippen molar-refractivity contribution in [2.24, 2.45) is 0 Å². The van der Waals surface area contributed by atoms with E-state index < -0.39 is 22.5 Å². The Bertz CT molecular complexity index is 1640. The van der Waals surface area contributed by atoms with Crippen molar-refractivity contribution in [1.29, 1.82) is 0 Å². The zero-order chi connectivity index (χ0) is 31.4. The van der Waals surface area contributed by atoms with Crippen LogP contribution in [-0.4, -0.2) is 30.8 Å². The zero-order valence-corrected chi connectivity index (χ0v) is 27.9. The third-order valence-corrected chi connectivity index (χ3v) is 14.8. The number of hydrogen-bond donors (Lipinski definition) is 2. The van der Waals surface area contributed by atoms with Gasteiger partial charge < -0.3 is 0 Å². The molecular formula is C36H39N3O3P3+. The van der Waals surface area contributed by atoms with E-state index >= 15 is 4.57 Å². The lowest BCUT2D eigenvalue weighted by molar-refractivity contribution is 0.407. The second-order valence-electron chi connectivity index (χ2n) is 10.6.